The van der Waals surface area contributed by atoms with Crippen molar-refractivity contribution >= 4 is 5.91 Å². The first-order valence-corrected chi connectivity index (χ1v) is 7.94. The summed E-state index contributed by atoms with van der Waals surface area (Å²) in [6, 6.07) is 9.99. The monoisotopic (exact) mass is 361 g/mol. The highest BCUT2D eigenvalue weighted by molar-refractivity contribution is 5.97. The van der Waals surface area contributed by atoms with E-state index in [1.165, 1.54) is 28.4 Å². The number of benzene rings is 2. The predicted octanol–water partition coefficient (Wildman–Crippen LogP) is 2.18. The molecular formula is C19H23NO6. The molecule has 2 N–H and O–H groups in total. The molecule has 7 heteroatoms. The van der Waals surface area contributed by atoms with E-state index in [0.29, 0.717) is 34.1 Å². The number of hydrogen-bond donors (Lipinski definition) is 2. The number of hydrogen-bond acceptors (Lipinski definition) is 6. The Morgan fingerprint density at radius 3 is 2.15 bits per heavy atom. The molecule has 0 bridgehead atoms. The molecule has 2 aromatic rings. The van der Waals surface area contributed by atoms with Crippen molar-refractivity contribution in [2.24, 2.45) is 0 Å². The van der Waals surface area contributed by atoms with Crippen LogP contribution in [0, 0.1) is 0 Å². The molecule has 2 rings (SSSR count). The molecular weight excluding hydrogens is 338 g/mol. The molecule has 0 radical (unpaired) electrons. The van der Waals surface area contributed by atoms with Gasteiger partial charge in [0.2, 0.25) is 0 Å². The van der Waals surface area contributed by atoms with Crippen LogP contribution < -0.4 is 24.3 Å². The second-order valence-electron chi connectivity index (χ2n) is 5.40. The van der Waals surface area contributed by atoms with E-state index in [1.807, 2.05) is 0 Å². The summed E-state index contributed by atoms with van der Waals surface area (Å²) in [6.45, 7) is -0.00244. The van der Waals surface area contributed by atoms with Crippen LogP contribution in [-0.2, 0) is 0 Å². The third-order valence-corrected chi connectivity index (χ3v) is 3.91. The van der Waals surface area contributed by atoms with Gasteiger partial charge in [-0.3, -0.25) is 4.79 Å². The van der Waals surface area contributed by atoms with Gasteiger partial charge in [-0.05, 0) is 30.3 Å². The van der Waals surface area contributed by atoms with Gasteiger partial charge in [-0.1, -0.05) is 0 Å². The Labute approximate surface area is 152 Å². The number of aliphatic hydroxyl groups excluding tert-OH is 1. The van der Waals surface area contributed by atoms with Crippen LogP contribution in [0.2, 0.25) is 0 Å². The molecule has 0 heterocycles. The highest BCUT2D eigenvalue weighted by atomic mass is 16.5. The average Bonchev–Trinajstić information content (AvgIpc) is 2.70. The second kappa shape index (κ2) is 8.96. The van der Waals surface area contributed by atoms with Crippen LogP contribution in [-0.4, -0.2) is 46.0 Å². The van der Waals surface area contributed by atoms with Crippen LogP contribution in [0.3, 0.4) is 0 Å². The molecule has 0 spiro atoms. The maximum absolute atomic E-state index is 12.4. The lowest BCUT2D eigenvalue weighted by Crippen LogP contribution is -2.28. The Morgan fingerprint density at radius 2 is 1.54 bits per heavy atom. The van der Waals surface area contributed by atoms with Gasteiger partial charge < -0.3 is 29.4 Å². The quantitative estimate of drug-likeness (QED) is 0.750. The predicted molar refractivity (Wildman–Crippen MR) is 96.4 cm³/mol. The minimum Gasteiger partial charge on any atom is -0.497 e. The fraction of sp³-hybridized carbons (Fsp3) is 0.316. The summed E-state index contributed by atoms with van der Waals surface area (Å²) < 4.78 is 20.8. The standard InChI is InChI=1S/C19H23NO6/c1-23-12-6-8-17(25-3)15(9-12)16(21)11-20-19(22)14-7-5-13(24-2)10-18(14)26-4/h5-10,16,21H,11H2,1-4H3,(H,20,22). The Kier molecular flexibility index (Phi) is 6.68. The summed E-state index contributed by atoms with van der Waals surface area (Å²) in [7, 11) is 6.06. The van der Waals surface area contributed by atoms with E-state index in [0.717, 1.165) is 0 Å². The molecule has 0 aliphatic rings. The van der Waals surface area contributed by atoms with Gasteiger partial charge in [-0.15, -0.1) is 0 Å². The van der Waals surface area contributed by atoms with Crippen molar-refractivity contribution in [3.05, 3.63) is 47.5 Å². The Hall–Kier alpha value is -2.93. The molecule has 26 heavy (non-hydrogen) atoms. The number of rotatable bonds is 8. The third-order valence-electron chi connectivity index (χ3n) is 3.91. The summed E-state index contributed by atoms with van der Waals surface area (Å²) >= 11 is 0. The van der Waals surface area contributed by atoms with E-state index in [9.17, 15) is 9.90 Å². The van der Waals surface area contributed by atoms with Gasteiger partial charge in [0, 0.05) is 18.2 Å². The minimum absolute atomic E-state index is 0.00244. The fourth-order valence-corrected chi connectivity index (χ4v) is 2.48. The van der Waals surface area contributed by atoms with Gasteiger partial charge in [-0.2, -0.15) is 0 Å². The van der Waals surface area contributed by atoms with Crippen molar-refractivity contribution in [1.82, 2.24) is 5.32 Å². The van der Waals surface area contributed by atoms with Crippen molar-refractivity contribution < 1.29 is 28.8 Å². The lowest BCUT2D eigenvalue weighted by atomic mass is 10.1. The summed E-state index contributed by atoms with van der Waals surface area (Å²) in [5.41, 5.74) is 0.868. The van der Waals surface area contributed by atoms with Crippen LogP contribution in [0.15, 0.2) is 36.4 Å². The summed E-state index contributed by atoms with van der Waals surface area (Å²) in [5, 5.41) is 13.1. The average molecular weight is 361 g/mol. The maximum Gasteiger partial charge on any atom is 0.255 e. The number of carbonyl (C=O) groups is 1. The highest BCUT2D eigenvalue weighted by Crippen LogP contribution is 2.29. The lowest BCUT2D eigenvalue weighted by molar-refractivity contribution is 0.0911. The first-order valence-electron chi connectivity index (χ1n) is 7.94. The van der Waals surface area contributed by atoms with Crippen molar-refractivity contribution in [3.8, 4) is 23.0 Å². The number of carbonyl (C=O) groups excluding carboxylic acids is 1. The van der Waals surface area contributed by atoms with E-state index >= 15 is 0 Å². The molecule has 140 valence electrons. The van der Waals surface area contributed by atoms with Crippen molar-refractivity contribution in [3.63, 3.8) is 0 Å². The van der Waals surface area contributed by atoms with Crippen LogP contribution >= 0.6 is 0 Å². The van der Waals surface area contributed by atoms with Crippen molar-refractivity contribution in [2.45, 2.75) is 6.10 Å². The van der Waals surface area contributed by atoms with E-state index in [1.54, 1.807) is 36.4 Å². The number of ether oxygens (including phenoxy) is 4. The van der Waals surface area contributed by atoms with Crippen LogP contribution in [0.25, 0.3) is 0 Å². The van der Waals surface area contributed by atoms with Gasteiger partial charge >= 0.3 is 0 Å². The first-order chi connectivity index (χ1) is 12.5. The fourth-order valence-electron chi connectivity index (χ4n) is 2.48. The second-order valence-corrected chi connectivity index (χ2v) is 5.40. The van der Waals surface area contributed by atoms with Gasteiger partial charge in [0.25, 0.3) is 5.91 Å². The largest absolute Gasteiger partial charge is 0.497 e. The SMILES string of the molecule is COc1ccc(C(=O)NCC(O)c2cc(OC)ccc2OC)c(OC)c1. The molecule has 0 fully saturated rings. The smallest absolute Gasteiger partial charge is 0.255 e. The topological polar surface area (TPSA) is 86.3 Å². The zero-order valence-corrected chi connectivity index (χ0v) is 15.2. The van der Waals surface area contributed by atoms with Gasteiger partial charge in [0.15, 0.2) is 0 Å². The van der Waals surface area contributed by atoms with Crippen molar-refractivity contribution in [1.29, 1.82) is 0 Å². The first kappa shape index (κ1) is 19.4. The highest BCUT2D eigenvalue weighted by Gasteiger charge is 2.18. The Balaban J connectivity index is 2.12. The van der Waals surface area contributed by atoms with Gasteiger partial charge in [0.05, 0.1) is 34.0 Å². The van der Waals surface area contributed by atoms with E-state index in [4.69, 9.17) is 18.9 Å². The molecule has 0 aromatic heterocycles. The summed E-state index contributed by atoms with van der Waals surface area (Å²) in [5.74, 6) is 1.69. The summed E-state index contributed by atoms with van der Waals surface area (Å²) in [6.07, 6.45) is -0.965. The number of nitrogens with one attached hydrogen (secondary N) is 1. The Morgan fingerprint density at radius 1 is 0.923 bits per heavy atom. The molecule has 0 saturated heterocycles. The van der Waals surface area contributed by atoms with E-state index in [2.05, 4.69) is 5.32 Å². The lowest BCUT2D eigenvalue weighted by Gasteiger charge is -2.17. The molecule has 1 amide bonds. The van der Waals surface area contributed by atoms with Crippen molar-refractivity contribution in [2.75, 3.05) is 35.0 Å². The zero-order valence-electron chi connectivity index (χ0n) is 15.2. The molecule has 7 nitrogen and oxygen atoms in total. The number of methoxy groups -OCH3 is 4. The number of amides is 1. The van der Waals surface area contributed by atoms with E-state index < -0.39 is 6.10 Å². The van der Waals surface area contributed by atoms with E-state index in [-0.39, 0.29) is 12.5 Å². The number of aliphatic hydroxyl groups is 1. The molecule has 1 atom stereocenters. The molecule has 2 aromatic carbocycles. The molecule has 0 aliphatic heterocycles. The van der Waals surface area contributed by atoms with Crippen LogP contribution in [0.4, 0.5) is 0 Å². The minimum atomic E-state index is -0.965. The van der Waals surface area contributed by atoms with Gasteiger partial charge in [0.1, 0.15) is 29.1 Å². The normalized spacial score (nSPS) is 11.4. The summed E-state index contributed by atoms with van der Waals surface area (Å²) in [4.78, 5) is 12.4. The molecule has 1 unspecified atom stereocenters. The zero-order chi connectivity index (χ0) is 19.1. The maximum atomic E-state index is 12.4. The third kappa shape index (κ3) is 4.37. The Bertz CT molecular complexity index is 762. The van der Waals surface area contributed by atoms with Crippen LogP contribution in [0.1, 0.15) is 22.0 Å². The molecule has 0 aliphatic carbocycles. The molecule has 0 saturated carbocycles. The van der Waals surface area contributed by atoms with Crippen LogP contribution in [0.5, 0.6) is 23.0 Å². The van der Waals surface area contributed by atoms with Gasteiger partial charge in [-0.25, -0.2) is 0 Å².